The van der Waals surface area contributed by atoms with Crippen molar-refractivity contribution in [1.29, 1.82) is 0 Å². The lowest BCUT2D eigenvalue weighted by atomic mass is 9.54. The zero-order valence-corrected chi connectivity index (χ0v) is 32.5. The average Bonchev–Trinajstić information content (AvgIpc) is 3.28. The van der Waals surface area contributed by atoms with Gasteiger partial charge < -0.3 is 0 Å². The monoisotopic (exact) mass is 747 g/mol. The third-order valence-electron chi connectivity index (χ3n) is 12.0. The van der Waals surface area contributed by atoms with E-state index >= 15 is 0 Å². The van der Waals surface area contributed by atoms with E-state index in [-0.39, 0.29) is 5.41 Å². The molecular weight excluding hydrogens is 711 g/mol. The van der Waals surface area contributed by atoms with Gasteiger partial charge in [0.2, 0.25) is 0 Å². The quantitative estimate of drug-likeness (QED) is 0.180. The second-order valence-electron chi connectivity index (χ2n) is 15.6. The van der Waals surface area contributed by atoms with Gasteiger partial charge in [-0.25, -0.2) is 15.0 Å². The van der Waals surface area contributed by atoms with Crippen molar-refractivity contribution in [3.63, 3.8) is 0 Å². The summed E-state index contributed by atoms with van der Waals surface area (Å²) in [6, 6.07) is 67.9. The Bertz CT molecular complexity index is 2990. The molecule has 9 aromatic rings. The van der Waals surface area contributed by atoms with Crippen molar-refractivity contribution in [1.82, 2.24) is 15.0 Å². The number of nitrogens with zero attached hydrogens (tertiary/aromatic N) is 3. The molecule has 0 fully saturated rings. The topological polar surface area (TPSA) is 38.7 Å². The zero-order chi connectivity index (χ0) is 38.1. The fourth-order valence-corrected chi connectivity index (χ4v) is 10.7. The maximum atomic E-state index is 5.16. The van der Waals surface area contributed by atoms with Gasteiger partial charge in [0, 0.05) is 31.9 Å². The van der Waals surface area contributed by atoms with Crippen molar-refractivity contribution in [3.05, 3.63) is 221 Å². The van der Waals surface area contributed by atoms with E-state index in [0.717, 1.165) is 27.6 Å². The Morgan fingerprint density at radius 3 is 1.60 bits per heavy atom. The maximum Gasteiger partial charge on any atom is 0.164 e. The summed E-state index contributed by atoms with van der Waals surface area (Å²) in [4.78, 5) is 17.9. The highest BCUT2D eigenvalue weighted by atomic mass is 32.2. The van der Waals surface area contributed by atoms with Crippen LogP contribution in [0, 0.1) is 0 Å². The van der Waals surface area contributed by atoms with Crippen molar-refractivity contribution < 1.29 is 0 Å². The van der Waals surface area contributed by atoms with Crippen LogP contribution in [0.4, 0.5) is 0 Å². The van der Waals surface area contributed by atoms with Crippen LogP contribution >= 0.6 is 11.8 Å². The Labute approximate surface area is 337 Å². The van der Waals surface area contributed by atoms with Crippen molar-refractivity contribution in [2.75, 3.05) is 0 Å². The van der Waals surface area contributed by atoms with E-state index < -0.39 is 5.41 Å². The van der Waals surface area contributed by atoms with E-state index in [4.69, 9.17) is 15.0 Å². The number of aromatic nitrogens is 3. The zero-order valence-electron chi connectivity index (χ0n) is 31.6. The van der Waals surface area contributed by atoms with Crippen molar-refractivity contribution in [2.45, 2.75) is 34.5 Å². The molecule has 1 spiro atoms. The van der Waals surface area contributed by atoms with Crippen LogP contribution in [0.2, 0.25) is 0 Å². The Hall–Kier alpha value is -6.62. The summed E-state index contributed by atoms with van der Waals surface area (Å²) < 4.78 is 0. The molecule has 0 atom stereocenters. The summed E-state index contributed by atoms with van der Waals surface area (Å²) in [7, 11) is 0. The minimum absolute atomic E-state index is 0.154. The molecule has 270 valence electrons. The second-order valence-corrected chi connectivity index (χ2v) is 16.6. The van der Waals surface area contributed by atoms with Crippen molar-refractivity contribution in [2.24, 2.45) is 0 Å². The predicted octanol–water partition coefficient (Wildman–Crippen LogP) is 13.2. The van der Waals surface area contributed by atoms with E-state index in [9.17, 15) is 0 Å². The molecule has 1 aromatic heterocycles. The fraction of sp³-hybridized carbons (Fsp3) is 0.0755. The highest BCUT2D eigenvalue weighted by Crippen LogP contribution is 2.62. The van der Waals surface area contributed by atoms with Gasteiger partial charge in [0.05, 0.1) is 5.41 Å². The lowest BCUT2D eigenvalue weighted by Crippen LogP contribution is -2.43. The first-order valence-electron chi connectivity index (χ1n) is 19.5. The minimum atomic E-state index is -0.485. The van der Waals surface area contributed by atoms with Crippen LogP contribution < -0.4 is 0 Å². The molecule has 0 N–H and O–H groups in total. The molecule has 0 bridgehead atoms. The Morgan fingerprint density at radius 2 is 0.877 bits per heavy atom. The molecule has 57 heavy (non-hydrogen) atoms. The van der Waals surface area contributed by atoms with E-state index in [2.05, 4.69) is 184 Å². The van der Waals surface area contributed by atoms with Gasteiger partial charge in [-0.2, -0.15) is 0 Å². The Kier molecular flexibility index (Phi) is 7.67. The summed E-state index contributed by atoms with van der Waals surface area (Å²) in [5, 5.41) is 2.33. The first-order chi connectivity index (χ1) is 28.0. The molecular formula is C53H37N3S. The lowest BCUT2D eigenvalue weighted by molar-refractivity contribution is 0.549. The summed E-state index contributed by atoms with van der Waals surface area (Å²) in [6.45, 7) is 4.75. The van der Waals surface area contributed by atoms with Gasteiger partial charge in [0.15, 0.2) is 17.5 Å². The number of benzene rings is 8. The molecule has 1 aliphatic carbocycles. The molecule has 0 unspecified atom stereocenters. The van der Waals surface area contributed by atoms with E-state index in [0.29, 0.717) is 17.5 Å². The van der Waals surface area contributed by atoms with Crippen LogP contribution in [0.3, 0.4) is 0 Å². The summed E-state index contributed by atoms with van der Waals surface area (Å²) in [6.07, 6.45) is 0. The highest BCUT2D eigenvalue weighted by Gasteiger charge is 2.52. The van der Waals surface area contributed by atoms with Crippen molar-refractivity contribution >= 4 is 22.5 Å². The Balaban J connectivity index is 1.12. The normalized spacial score (nSPS) is 14.4. The minimum Gasteiger partial charge on any atom is -0.208 e. The smallest absolute Gasteiger partial charge is 0.164 e. The second kappa shape index (κ2) is 13.0. The molecule has 0 saturated heterocycles. The predicted molar refractivity (Wildman–Crippen MR) is 234 cm³/mol. The van der Waals surface area contributed by atoms with Crippen LogP contribution in [0.15, 0.2) is 198 Å². The third-order valence-corrected chi connectivity index (χ3v) is 13.3. The molecule has 4 heteroatoms. The molecule has 2 aliphatic rings. The van der Waals surface area contributed by atoms with Gasteiger partial charge in [-0.3, -0.25) is 0 Å². The number of fused-ring (bicyclic) bond motifs is 9. The first kappa shape index (κ1) is 33.7. The van der Waals surface area contributed by atoms with Crippen LogP contribution in [0.1, 0.15) is 47.2 Å². The van der Waals surface area contributed by atoms with Gasteiger partial charge in [-0.1, -0.05) is 195 Å². The van der Waals surface area contributed by atoms with E-state index in [1.54, 1.807) is 0 Å². The average molecular weight is 748 g/mol. The molecule has 11 rings (SSSR count). The Morgan fingerprint density at radius 1 is 0.368 bits per heavy atom. The molecule has 0 radical (unpaired) electrons. The number of rotatable bonds is 4. The van der Waals surface area contributed by atoms with Gasteiger partial charge >= 0.3 is 0 Å². The van der Waals surface area contributed by atoms with Crippen molar-refractivity contribution in [3.8, 4) is 45.3 Å². The lowest BCUT2D eigenvalue weighted by Gasteiger charge is -2.50. The van der Waals surface area contributed by atoms with Gasteiger partial charge in [0.25, 0.3) is 0 Å². The SMILES string of the molecule is CC1(C)c2ccccc2C2(c3ccccc3Sc3c(-c4cccc(-c5nc(-c6ccccc6)nc(-c6ccc7ccccc7c6)n5)c4)cccc32)c2ccccc21. The summed E-state index contributed by atoms with van der Waals surface area (Å²) in [5.41, 5.74) is 12.6. The van der Waals surface area contributed by atoms with Gasteiger partial charge in [-0.05, 0) is 73.5 Å². The fourth-order valence-electron chi connectivity index (χ4n) is 9.38. The maximum absolute atomic E-state index is 5.16. The molecule has 0 saturated carbocycles. The van der Waals surface area contributed by atoms with Crippen LogP contribution in [-0.2, 0) is 10.8 Å². The molecule has 0 amide bonds. The van der Waals surface area contributed by atoms with Gasteiger partial charge in [-0.15, -0.1) is 0 Å². The van der Waals surface area contributed by atoms with E-state index in [1.165, 1.54) is 54.1 Å². The molecule has 8 aromatic carbocycles. The van der Waals surface area contributed by atoms with Crippen LogP contribution in [0.5, 0.6) is 0 Å². The third kappa shape index (κ3) is 5.17. The van der Waals surface area contributed by atoms with Gasteiger partial charge in [0.1, 0.15) is 0 Å². The van der Waals surface area contributed by atoms with E-state index in [1.807, 2.05) is 30.0 Å². The summed E-state index contributed by atoms with van der Waals surface area (Å²) >= 11 is 1.88. The molecule has 3 nitrogen and oxygen atoms in total. The molecule has 2 heterocycles. The highest BCUT2D eigenvalue weighted by molar-refractivity contribution is 7.99. The number of hydrogen-bond acceptors (Lipinski definition) is 4. The number of hydrogen-bond donors (Lipinski definition) is 0. The largest absolute Gasteiger partial charge is 0.208 e. The van der Waals surface area contributed by atoms with Crippen LogP contribution in [-0.4, -0.2) is 15.0 Å². The van der Waals surface area contributed by atoms with Crippen LogP contribution in [0.25, 0.3) is 56.1 Å². The summed E-state index contributed by atoms with van der Waals surface area (Å²) in [5.74, 6) is 1.95. The molecule has 1 aliphatic heterocycles. The first-order valence-corrected chi connectivity index (χ1v) is 20.3. The standard InChI is InChI=1S/C53H37N3S/c1-52(2)41-23-8-10-25-43(41)53(44-26-11-9-24-42(44)52)45-27-12-13-29-47(45)57-48-40(22-15-28-46(48)53)37-20-14-21-38(33-37)50-54-49(35-17-4-3-5-18-35)55-51(56-50)39-31-30-34-16-6-7-19-36(34)32-39/h3-33H,1-2H3.